The third kappa shape index (κ3) is 2.45. The van der Waals surface area contributed by atoms with Gasteiger partial charge in [0.15, 0.2) is 0 Å². The number of ether oxygens (including phenoxy) is 1. The normalized spacial score (nSPS) is 22.2. The van der Waals surface area contributed by atoms with E-state index in [2.05, 4.69) is 17.4 Å². The zero-order valence-electron chi connectivity index (χ0n) is 11.3. The molecule has 1 fully saturated rings. The van der Waals surface area contributed by atoms with E-state index in [9.17, 15) is 4.79 Å². The number of likely N-dealkylation sites (tertiary alicyclic amines) is 1. The lowest BCUT2D eigenvalue weighted by atomic mass is 9.95. The molecule has 2 aliphatic rings. The van der Waals surface area contributed by atoms with Gasteiger partial charge >= 0.3 is 0 Å². The van der Waals surface area contributed by atoms with Gasteiger partial charge in [-0.05, 0) is 42.5 Å². The summed E-state index contributed by atoms with van der Waals surface area (Å²) in [6.07, 6.45) is 3.08. The van der Waals surface area contributed by atoms with Crippen LogP contribution in [-0.4, -0.2) is 37.0 Å². The maximum absolute atomic E-state index is 12.4. The highest BCUT2D eigenvalue weighted by Gasteiger charge is 2.29. The lowest BCUT2D eigenvalue weighted by molar-refractivity contribution is -0.132. The molecule has 0 aliphatic carbocycles. The van der Waals surface area contributed by atoms with Crippen molar-refractivity contribution in [3.8, 4) is 5.75 Å². The predicted molar refractivity (Wildman–Crippen MR) is 73.1 cm³/mol. The van der Waals surface area contributed by atoms with E-state index >= 15 is 0 Å². The summed E-state index contributed by atoms with van der Waals surface area (Å²) in [6, 6.07) is 6.05. The first kappa shape index (κ1) is 12.5. The van der Waals surface area contributed by atoms with Gasteiger partial charge in [0.2, 0.25) is 5.91 Å². The van der Waals surface area contributed by atoms with E-state index in [1.54, 1.807) is 7.11 Å². The van der Waals surface area contributed by atoms with Gasteiger partial charge in [0.05, 0.1) is 13.2 Å². The first-order chi connectivity index (χ1) is 9.28. The summed E-state index contributed by atoms with van der Waals surface area (Å²) in [5.41, 5.74) is 2.50. The van der Waals surface area contributed by atoms with Gasteiger partial charge in [-0.2, -0.15) is 0 Å². The van der Waals surface area contributed by atoms with Gasteiger partial charge in [-0.3, -0.25) is 4.79 Å². The molecular formula is C15H20N2O2. The third-order valence-corrected chi connectivity index (χ3v) is 4.09. The van der Waals surface area contributed by atoms with E-state index in [0.717, 1.165) is 44.6 Å². The first-order valence-electron chi connectivity index (χ1n) is 6.96. The Morgan fingerprint density at radius 2 is 2.11 bits per heavy atom. The Balaban J connectivity index is 1.73. The Kier molecular flexibility index (Phi) is 3.42. The molecule has 0 unspecified atom stereocenters. The number of hydrogen-bond acceptors (Lipinski definition) is 3. The largest absolute Gasteiger partial charge is 0.497 e. The molecule has 0 aromatic heterocycles. The summed E-state index contributed by atoms with van der Waals surface area (Å²) in [5, 5.41) is 3.36. The number of methoxy groups -OCH3 is 1. The van der Waals surface area contributed by atoms with E-state index in [0.29, 0.717) is 0 Å². The maximum atomic E-state index is 12.4. The molecule has 0 saturated carbocycles. The average Bonchev–Trinajstić information content (AvgIpc) is 2.99. The van der Waals surface area contributed by atoms with E-state index in [4.69, 9.17) is 4.74 Å². The summed E-state index contributed by atoms with van der Waals surface area (Å²) in [7, 11) is 1.68. The number of nitrogens with zero attached hydrogens (tertiary/aromatic N) is 1. The number of nitrogens with one attached hydrogen (secondary N) is 1. The number of carbonyl (C=O) groups excluding carboxylic acids is 1. The van der Waals surface area contributed by atoms with Crippen LogP contribution in [0.25, 0.3) is 0 Å². The van der Waals surface area contributed by atoms with Crippen LogP contribution in [0.4, 0.5) is 0 Å². The van der Waals surface area contributed by atoms with Crippen LogP contribution >= 0.6 is 0 Å². The fraction of sp³-hybridized carbons (Fsp3) is 0.533. The molecular weight excluding hydrogens is 240 g/mol. The van der Waals surface area contributed by atoms with E-state index < -0.39 is 0 Å². The van der Waals surface area contributed by atoms with E-state index in [-0.39, 0.29) is 11.9 Å². The molecule has 1 N–H and O–H groups in total. The second-order valence-electron chi connectivity index (χ2n) is 5.30. The summed E-state index contributed by atoms with van der Waals surface area (Å²) in [4.78, 5) is 14.4. The number of hydrogen-bond donors (Lipinski definition) is 1. The molecule has 0 radical (unpaired) electrons. The topological polar surface area (TPSA) is 41.6 Å². The average molecular weight is 260 g/mol. The summed E-state index contributed by atoms with van der Waals surface area (Å²) in [5.74, 6) is 1.14. The lowest BCUT2D eigenvalue weighted by Gasteiger charge is -2.29. The van der Waals surface area contributed by atoms with Gasteiger partial charge in [-0.25, -0.2) is 0 Å². The van der Waals surface area contributed by atoms with Gasteiger partial charge in [-0.15, -0.1) is 0 Å². The molecule has 1 saturated heterocycles. The van der Waals surface area contributed by atoms with Crippen LogP contribution in [0.15, 0.2) is 18.2 Å². The van der Waals surface area contributed by atoms with Crippen molar-refractivity contribution in [2.45, 2.75) is 31.8 Å². The molecule has 1 aromatic carbocycles. The van der Waals surface area contributed by atoms with Crippen molar-refractivity contribution >= 4 is 5.91 Å². The Hall–Kier alpha value is -1.55. The minimum absolute atomic E-state index is 0.0565. The molecule has 19 heavy (non-hydrogen) atoms. The summed E-state index contributed by atoms with van der Waals surface area (Å²) < 4.78 is 5.23. The second kappa shape index (κ2) is 5.21. The summed E-state index contributed by atoms with van der Waals surface area (Å²) >= 11 is 0. The Morgan fingerprint density at radius 1 is 1.32 bits per heavy atom. The summed E-state index contributed by atoms with van der Waals surface area (Å²) in [6.45, 7) is 2.59. The quantitative estimate of drug-likeness (QED) is 0.872. The molecule has 2 aliphatic heterocycles. The van der Waals surface area contributed by atoms with Crippen LogP contribution in [0.2, 0.25) is 0 Å². The highest BCUT2D eigenvalue weighted by molar-refractivity contribution is 5.82. The molecule has 1 atom stereocenters. The fourth-order valence-corrected chi connectivity index (χ4v) is 2.95. The van der Waals surface area contributed by atoms with E-state index in [1.165, 1.54) is 11.1 Å². The van der Waals surface area contributed by atoms with Crippen molar-refractivity contribution in [3.05, 3.63) is 29.3 Å². The van der Waals surface area contributed by atoms with Crippen LogP contribution in [0.1, 0.15) is 24.0 Å². The van der Waals surface area contributed by atoms with E-state index in [1.807, 2.05) is 11.0 Å². The van der Waals surface area contributed by atoms with Gasteiger partial charge in [0.1, 0.15) is 5.75 Å². The molecule has 1 aromatic rings. The van der Waals surface area contributed by atoms with Crippen LogP contribution in [0.5, 0.6) is 5.75 Å². The molecule has 0 bridgehead atoms. The Bertz CT molecular complexity index is 481. The SMILES string of the molecule is COc1ccc2c(c1)CN[C@H](C(=O)N1CCCC1)C2. The standard InChI is InChI=1S/C15H20N2O2/c1-19-13-5-4-11-9-14(16-10-12(11)8-13)15(18)17-6-2-3-7-17/h4-5,8,14,16H,2-3,6-7,9-10H2,1H3/t14-/m0/s1. The number of carbonyl (C=O) groups is 1. The maximum Gasteiger partial charge on any atom is 0.240 e. The van der Waals surface area contributed by atoms with Crippen LogP contribution in [-0.2, 0) is 17.8 Å². The molecule has 4 heteroatoms. The fourth-order valence-electron chi connectivity index (χ4n) is 2.95. The van der Waals surface area contributed by atoms with Crippen LogP contribution in [0.3, 0.4) is 0 Å². The van der Waals surface area contributed by atoms with Crippen molar-refractivity contribution in [3.63, 3.8) is 0 Å². The van der Waals surface area contributed by atoms with Crippen molar-refractivity contribution in [2.75, 3.05) is 20.2 Å². The zero-order chi connectivity index (χ0) is 13.2. The molecule has 3 rings (SSSR count). The van der Waals surface area contributed by atoms with Crippen molar-refractivity contribution in [2.24, 2.45) is 0 Å². The molecule has 2 heterocycles. The van der Waals surface area contributed by atoms with Gasteiger partial charge in [0.25, 0.3) is 0 Å². The molecule has 0 spiro atoms. The van der Waals surface area contributed by atoms with Crippen molar-refractivity contribution < 1.29 is 9.53 Å². The monoisotopic (exact) mass is 260 g/mol. The van der Waals surface area contributed by atoms with Gasteiger partial charge in [0, 0.05) is 19.6 Å². The second-order valence-corrected chi connectivity index (χ2v) is 5.30. The number of fused-ring (bicyclic) bond motifs is 1. The highest BCUT2D eigenvalue weighted by atomic mass is 16.5. The number of benzene rings is 1. The minimum atomic E-state index is -0.0565. The van der Waals surface area contributed by atoms with Gasteiger partial charge < -0.3 is 15.0 Å². The number of amides is 1. The highest BCUT2D eigenvalue weighted by Crippen LogP contribution is 2.23. The molecule has 1 amide bonds. The molecule has 102 valence electrons. The molecule has 4 nitrogen and oxygen atoms in total. The minimum Gasteiger partial charge on any atom is -0.497 e. The first-order valence-corrected chi connectivity index (χ1v) is 6.96. The van der Waals surface area contributed by atoms with Gasteiger partial charge in [-0.1, -0.05) is 6.07 Å². The Labute approximate surface area is 113 Å². The van der Waals surface area contributed by atoms with Crippen LogP contribution in [0, 0.1) is 0 Å². The lowest BCUT2D eigenvalue weighted by Crippen LogP contribution is -2.48. The Morgan fingerprint density at radius 3 is 2.84 bits per heavy atom. The number of rotatable bonds is 2. The van der Waals surface area contributed by atoms with Crippen LogP contribution < -0.4 is 10.1 Å². The van der Waals surface area contributed by atoms with Crippen molar-refractivity contribution in [1.29, 1.82) is 0 Å². The third-order valence-electron chi connectivity index (χ3n) is 4.09. The smallest absolute Gasteiger partial charge is 0.240 e. The predicted octanol–water partition coefficient (Wildman–Crippen LogP) is 1.33. The zero-order valence-corrected chi connectivity index (χ0v) is 11.3. The van der Waals surface area contributed by atoms with Crippen molar-refractivity contribution in [1.82, 2.24) is 10.2 Å².